The summed E-state index contributed by atoms with van der Waals surface area (Å²) in [5.74, 6) is 0.331. The van der Waals surface area contributed by atoms with Crippen LogP contribution in [0.25, 0.3) is 0 Å². The average Bonchev–Trinajstić information content (AvgIpc) is 3.00. The number of rotatable bonds is 4. The highest BCUT2D eigenvalue weighted by atomic mass is 16.2. The van der Waals surface area contributed by atoms with Crippen molar-refractivity contribution >= 4 is 11.7 Å². The molecule has 3 N–H and O–H groups in total. The third kappa shape index (κ3) is 2.48. The standard InChI is InChI=1S/C12H14N4O2/c1-7(11-13-3-4-14-11)16-12(18)10-5-9(6-15-10)8(2)17/h3-7,15H,1-2H3,(H,13,14)(H,16,18). The largest absolute Gasteiger partial charge is 0.356 e. The molecule has 2 aromatic rings. The quantitative estimate of drug-likeness (QED) is 0.713. The fourth-order valence-corrected chi connectivity index (χ4v) is 1.59. The van der Waals surface area contributed by atoms with Crippen molar-refractivity contribution in [3.05, 3.63) is 41.7 Å². The molecule has 0 aliphatic rings. The number of nitrogens with zero attached hydrogens (tertiary/aromatic N) is 1. The average molecular weight is 246 g/mol. The molecule has 6 nitrogen and oxygen atoms in total. The van der Waals surface area contributed by atoms with Gasteiger partial charge in [-0.3, -0.25) is 9.59 Å². The van der Waals surface area contributed by atoms with Gasteiger partial charge in [0.15, 0.2) is 5.78 Å². The topological polar surface area (TPSA) is 90.6 Å². The van der Waals surface area contributed by atoms with Gasteiger partial charge in [0.25, 0.3) is 5.91 Å². The van der Waals surface area contributed by atoms with Crippen LogP contribution in [0.3, 0.4) is 0 Å². The maximum atomic E-state index is 11.9. The second kappa shape index (κ2) is 4.87. The normalized spacial score (nSPS) is 12.1. The SMILES string of the molecule is CC(=O)c1c[nH]c(C(=O)NC(C)c2ncc[nH]2)c1. The molecular weight excluding hydrogens is 232 g/mol. The van der Waals surface area contributed by atoms with Gasteiger partial charge in [-0.15, -0.1) is 0 Å². The molecule has 2 rings (SSSR count). The van der Waals surface area contributed by atoms with Crippen LogP contribution < -0.4 is 5.32 Å². The molecule has 0 radical (unpaired) electrons. The Bertz CT molecular complexity index is 556. The minimum Gasteiger partial charge on any atom is -0.356 e. The third-order valence-electron chi connectivity index (χ3n) is 2.61. The molecule has 0 aliphatic heterocycles. The van der Waals surface area contributed by atoms with E-state index in [1.807, 2.05) is 6.92 Å². The van der Waals surface area contributed by atoms with Crippen LogP contribution in [0.1, 0.15) is 46.6 Å². The Kier molecular flexibility index (Phi) is 3.27. The zero-order chi connectivity index (χ0) is 13.1. The van der Waals surface area contributed by atoms with Crippen LogP contribution in [0.15, 0.2) is 24.7 Å². The lowest BCUT2D eigenvalue weighted by Gasteiger charge is -2.10. The highest BCUT2D eigenvalue weighted by molar-refractivity contribution is 5.99. The molecular formula is C12H14N4O2. The van der Waals surface area contributed by atoms with E-state index in [2.05, 4.69) is 20.3 Å². The van der Waals surface area contributed by atoms with Gasteiger partial charge in [-0.1, -0.05) is 0 Å². The Morgan fingerprint density at radius 1 is 1.39 bits per heavy atom. The van der Waals surface area contributed by atoms with Gasteiger partial charge in [0, 0.05) is 24.2 Å². The van der Waals surface area contributed by atoms with Gasteiger partial charge in [0.2, 0.25) is 0 Å². The maximum Gasteiger partial charge on any atom is 0.268 e. The van der Waals surface area contributed by atoms with Gasteiger partial charge in [0.05, 0.1) is 6.04 Å². The van der Waals surface area contributed by atoms with Gasteiger partial charge >= 0.3 is 0 Å². The lowest BCUT2D eigenvalue weighted by molar-refractivity contribution is 0.0934. The molecule has 0 spiro atoms. The van der Waals surface area contributed by atoms with E-state index in [0.29, 0.717) is 17.1 Å². The molecule has 0 saturated carbocycles. The first-order valence-corrected chi connectivity index (χ1v) is 5.57. The Morgan fingerprint density at radius 2 is 2.17 bits per heavy atom. The number of hydrogen-bond acceptors (Lipinski definition) is 3. The van der Waals surface area contributed by atoms with Crippen molar-refractivity contribution in [3.63, 3.8) is 0 Å². The second-order valence-corrected chi connectivity index (χ2v) is 4.03. The molecule has 6 heteroatoms. The number of Topliss-reactive ketones (excluding diaryl/α,β-unsaturated/α-hetero) is 1. The Hall–Kier alpha value is -2.37. The molecule has 0 bridgehead atoms. The Labute approximate surface area is 104 Å². The summed E-state index contributed by atoms with van der Waals surface area (Å²) in [5.41, 5.74) is 0.851. The molecule has 1 amide bonds. The summed E-state index contributed by atoms with van der Waals surface area (Å²) in [6.07, 6.45) is 4.84. The first-order chi connectivity index (χ1) is 8.58. The highest BCUT2D eigenvalue weighted by Crippen LogP contribution is 2.09. The lowest BCUT2D eigenvalue weighted by atomic mass is 10.2. The first kappa shape index (κ1) is 12.1. The fraction of sp³-hybridized carbons (Fsp3) is 0.250. The number of aromatic nitrogens is 3. The highest BCUT2D eigenvalue weighted by Gasteiger charge is 2.15. The summed E-state index contributed by atoms with van der Waals surface area (Å²) in [6, 6.07) is 1.31. The van der Waals surface area contributed by atoms with Gasteiger partial charge in [-0.25, -0.2) is 4.98 Å². The van der Waals surface area contributed by atoms with Crippen molar-refractivity contribution in [2.45, 2.75) is 19.9 Å². The monoisotopic (exact) mass is 246 g/mol. The Morgan fingerprint density at radius 3 is 2.72 bits per heavy atom. The van der Waals surface area contributed by atoms with Crippen molar-refractivity contribution in [2.24, 2.45) is 0 Å². The number of nitrogens with one attached hydrogen (secondary N) is 3. The van der Waals surface area contributed by atoms with E-state index >= 15 is 0 Å². The predicted octanol–water partition coefficient (Wildman–Crippen LogP) is 1.43. The number of H-pyrrole nitrogens is 2. The van der Waals surface area contributed by atoms with Gasteiger partial charge in [-0.2, -0.15) is 0 Å². The van der Waals surface area contributed by atoms with Crippen LogP contribution >= 0.6 is 0 Å². The molecule has 0 saturated heterocycles. The summed E-state index contributed by atoms with van der Waals surface area (Å²) >= 11 is 0. The number of aromatic amines is 2. The molecule has 1 atom stereocenters. The van der Waals surface area contributed by atoms with Crippen LogP contribution in [0.4, 0.5) is 0 Å². The van der Waals surface area contributed by atoms with E-state index in [0.717, 1.165) is 0 Å². The third-order valence-corrected chi connectivity index (χ3v) is 2.61. The summed E-state index contributed by atoms with van der Waals surface area (Å²) < 4.78 is 0. The summed E-state index contributed by atoms with van der Waals surface area (Å²) in [6.45, 7) is 3.28. The molecule has 18 heavy (non-hydrogen) atoms. The number of imidazole rings is 1. The van der Waals surface area contributed by atoms with Crippen LogP contribution in [0.2, 0.25) is 0 Å². The van der Waals surface area contributed by atoms with E-state index in [1.54, 1.807) is 12.4 Å². The first-order valence-electron chi connectivity index (χ1n) is 5.57. The van der Waals surface area contributed by atoms with Crippen molar-refractivity contribution in [1.82, 2.24) is 20.3 Å². The van der Waals surface area contributed by atoms with Crippen molar-refractivity contribution in [2.75, 3.05) is 0 Å². The smallest absolute Gasteiger partial charge is 0.268 e. The number of carbonyl (C=O) groups is 2. The van der Waals surface area contributed by atoms with E-state index < -0.39 is 0 Å². The second-order valence-electron chi connectivity index (χ2n) is 4.03. The number of amides is 1. The summed E-state index contributed by atoms with van der Waals surface area (Å²) in [5, 5.41) is 2.78. The predicted molar refractivity (Wildman–Crippen MR) is 65.3 cm³/mol. The van der Waals surface area contributed by atoms with Crippen LogP contribution in [0, 0.1) is 0 Å². The summed E-state index contributed by atoms with van der Waals surface area (Å²) in [4.78, 5) is 32.8. The van der Waals surface area contributed by atoms with Crippen LogP contribution in [-0.2, 0) is 0 Å². The molecule has 2 heterocycles. The minimum absolute atomic E-state index is 0.0793. The molecule has 0 aromatic carbocycles. The number of carbonyl (C=O) groups excluding carboxylic acids is 2. The Balaban J connectivity index is 2.05. The van der Waals surface area contributed by atoms with Gasteiger partial charge in [-0.05, 0) is 19.9 Å². The number of hydrogen-bond donors (Lipinski definition) is 3. The fourth-order valence-electron chi connectivity index (χ4n) is 1.59. The van der Waals surface area contributed by atoms with Crippen LogP contribution in [0.5, 0.6) is 0 Å². The van der Waals surface area contributed by atoms with Gasteiger partial charge in [0.1, 0.15) is 11.5 Å². The van der Waals surface area contributed by atoms with Crippen molar-refractivity contribution in [1.29, 1.82) is 0 Å². The van der Waals surface area contributed by atoms with Gasteiger partial charge < -0.3 is 15.3 Å². The zero-order valence-corrected chi connectivity index (χ0v) is 10.2. The molecule has 0 aliphatic carbocycles. The van der Waals surface area contributed by atoms with E-state index in [1.165, 1.54) is 19.2 Å². The van der Waals surface area contributed by atoms with E-state index in [-0.39, 0.29) is 17.7 Å². The molecule has 94 valence electrons. The molecule has 1 unspecified atom stereocenters. The maximum absolute atomic E-state index is 11.9. The van der Waals surface area contributed by atoms with E-state index in [9.17, 15) is 9.59 Å². The summed E-state index contributed by atoms with van der Waals surface area (Å²) in [7, 11) is 0. The molecule has 0 fully saturated rings. The van der Waals surface area contributed by atoms with Crippen LogP contribution in [-0.4, -0.2) is 26.6 Å². The van der Waals surface area contributed by atoms with Crippen molar-refractivity contribution in [3.8, 4) is 0 Å². The van der Waals surface area contributed by atoms with Crippen molar-refractivity contribution < 1.29 is 9.59 Å². The number of ketones is 1. The zero-order valence-electron chi connectivity index (χ0n) is 10.2. The van der Waals surface area contributed by atoms with E-state index in [4.69, 9.17) is 0 Å². The minimum atomic E-state index is -0.272. The lowest BCUT2D eigenvalue weighted by Crippen LogP contribution is -2.27. The molecule has 2 aromatic heterocycles.